The van der Waals surface area contributed by atoms with Crippen LogP contribution < -0.4 is 0 Å². The summed E-state index contributed by atoms with van der Waals surface area (Å²) in [5, 5.41) is 8.76. The average molecular weight is 191 g/mol. The molecule has 0 saturated carbocycles. The number of amides is 1. The highest BCUT2D eigenvalue weighted by atomic mass is 19.1. The Morgan fingerprint density at radius 1 is 1.46 bits per heavy atom. The Hall–Kier alpha value is -0.640. The van der Waals surface area contributed by atoms with Crippen molar-refractivity contribution < 1.29 is 14.3 Å². The second-order valence-corrected chi connectivity index (χ2v) is 3.63. The van der Waals surface area contributed by atoms with Gasteiger partial charge in [0.25, 0.3) is 5.91 Å². The molecule has 0 bridgehead atoms. The molecule has 0 fully saturated rings. The van der Waals surface area contributed by atoms with Crippen molar-refractivity contribution >= 4 is 5.91 Å². The Morgan fingerprint density at radius 3 is 2.23 bits per heavy atom. The zero-order valence-corrected chi connectivity index (χ0v) is 8.62. The van der Waals surface area contributed by atoms with E-state index in [-0.39, 0.29) is 18.6 Å². The summed E-state index contributed by atoms with van der Waals surface area (Å²) in [5.41, 5.74) is 0. The summed E-state index contributed by atoms with van der Waals surface area (Å²) in [7, 11) is 1.50. The lowest BCUT2D eigenvalue weighted by Crippen LogP contribution is -2.43. The molecule has 78 valence electrons. The van der Waals surface area contributed by atoms with Crippen molar-refractivity contribution in [1.82, 2.24) is 4.90 Å². The fourth-order valence-electron chi connectivity index (χ4n) is 0.819. The Kier molecular flexibility index (Phi) is 4.91. The van der Waals surface area contributed by atoms with Crippen LogP contribution in [0.1, 0.15) is 20.8 Å². The number of hydrogen-bond acceptors (Lipinski definition) is 2. The molecule has 0 aliphatic carbocycles. The molecule has 0 heterocycles. The second-order valence-electron chi connectivity index (χ2n) is 3.63. The molecule has 1 unspecified atom stereocenters. The third kappa shape index (κ3) is 3.30. The van der Waals surface area contributed by atoms with Crippen LogP contribution in [-0.2, 0) is 4.79 Å². The van der Waals surface area contributed by atoms with Crippen molar-refractivity contribution in [2.75, 3.05) is 13.7 Å². The molecule has 0 aromatic rings. The van der Waals surface area contributed by atoms with Gasteiger partial charge < -0.3 is 10.0 Å². The normalized spacial score (nSPS) is 15.6. The van der Waals surface area contributed by atoms with Crippen molar-refractivity contribution in [3.8, 4) is 0 Å². The van der Waals surface area contributed by atoms with E-state index in [0.717, 1.165) is 0 Å². The molecule has 0 aliphatic heterocycles. The molecule has 0 aliphatic rings. The fourth-order valence-corrected chi connectivity index (χ4v) is 0.819. The van der Waals surface area contributed by atoms with Crippen molar-refractivity contribution in [1.29, 1.82) is 0 Å². The number of aliphatic hydroxyl groups excluding tert-OH is 1. The highest BCUT2D eigenvalue weighted by Crippen LogP contribution is 2.10. The largest absolute Gasteiger partial charge is 0.394 e. The number of likely N-dealkylation sites (N-methyl/N-ethyl adjacent to an activating group) is 1. The minimum absolute atomic E-state index is 0.146. The van der Waals surface area contributed by atoms with Gasteiger partial charge in [-0.2, -0.15) is 0 Å². The molecule has 0 spiro atoms. The molecule has 1 N–H and O–H groups in total. The summed E-state index contributed by atoms with van der Waals surface area (Å²) in [6.45, 7) is 4.83. The summed E-state index contributed by atoms with van der Waals surface area (Å²) in [5.74, 6) is -0.877. The van der Waals surface area contributed by atoms with Gasteiger partial charge in [-0.1, -0.05) is 13.8 Å². The quantitative estimate of drug-likeness (QED) is 0.714. The lowest BCUT2D eigenvalue weighted by Gasteiger charge is -2.25. The molecule has 0 rings (SSSR count). The van der Waals surface area contributed by atoms with Crippen LogP contribution >= 0.6 is 0 Å². The smallest absolute Gasteiger partial charge is 0.257 e. The summed E-state index contributed by atoms with van der Waals surface area (Å²) in [6, 6.07) is -0.329. The number of hydrogen-bond donors (Lipinski definition) is 1. The van der Waals surface area contributed by atoms with Gasteiger partial charge in [-0.25, -0.2) is 4.39 Å². The van der Waals surface area contributed by atoms with Gasteiger partial charge in [-0.3, -0.25) is 4.79 Å². The van der Waals surface area contributed by atoms with Crippen molar-refractivity contribution in [2.24, 2.45) is 5.92 Å². The Labute approximate surface area is 78.5 Å². The fraction of sp³-hybridized carbons (Fsp3) is 0.889. The van der Waals surface area contributed by atoms with Crippen LogP contribution in [0.25, 0.3) is 0 Å². The van der Waals surface area contributed by atoms with E-state index >= 15 is 0 Å². The van der Waals surface area contributed by atoms with Crippen LogP contribution in [-0.4, -0.2) is 41.8 Å². The van der Waals surface area contributed by atoms with Crippen LogP contribution in [0.5, 0.6) is 0 Å². The molecular weight excluding hydrogens is 173 g/mol. The molecule has 0 radical (unpaired) electrons. The number of carbonyl (C=O) groups is 1. The summed E-state index contributed by atoms with van der Waals surface area (Å²) >= 11 is 0. The first-order valence-electron chi connectivity index (χ1n) is 4.43. The van der Waals surface area contributed by atoms with Crippen molar-refractivity contribution in [3.63, 3.8) is 0 Å². The highest BCUT2D eigenvalue weighted by Gasteiger charge is 2.26. The van der Waals surface area contributed by atoms with E-state index in [9.17, 15) is 9.18 Å². The molecule has 13 heavy (non-hydrogen) atoms. The maximum atomic E-state index is 13.2. The third-order valence-electron chi connectivity index (χ3n) is 2.09. The minimum Gasteiger partial charge on any atom is -0.394 e. The second kappa shape index (κ2) is 5.17. The van der Waals surface area contributed by atoms with E-state index in [4.69, 9.17) is 5.11 Å². The summed E-state index contributed by atoms with van der Waals surface area (Å²) in [4.78, 5) is 12.6. The standard InChI is InChI=1S/C9H18FNO2/c1-6(2)8(10)9(13)11(4)7(3)5-12/h6-8,12H,5H2,1-4H3/t7-,8?/m0/s1. The van der Waals surface area contributed by atoms with Crippen LogP contribution in [0, 0.1) is 5.92 Å². The molecule has 4 heteroatoms. The number of carbonyl (C=O) groups excluding carboxylic acids is 1. The SMILES string of the molecule is CC(C)C(F)C(=O)N(C)[C@@H](C)CO. The van der Waals surface area contributed by atoms with Gasteiger partial charge in [0.2, 0.25) is 0 Å². The molecule has 1 amide bonds. The lowest BCUT2D eigenvalue weighted by atomic mass is 10.1. The highest BCUT2D eigenvalue weighted by molar-refractivity contribution is 5.81. The number of nitrogens with zero attached hydrogens (tertiary/aromatic N) is 1. The van der Waals surface area contributed by atoms with Crippen molar-refractivity contribution in [3.05, 3.63) is 0 Å². The zero-order valence-electron chi connectivity index (χ0n) is 8.62. The molecule has 0 saturated heterocycles. The monoisotopic (exact) mass is 191 g/mol. The van der Waals surface area contributed by atoms with E-state index in [1.165, 1.54) is 11.9 Å². The van der Waals surface area contributed by atoms with E-state index in [1.54, 1.807) is 20.8 Å². The lowest BCUT2D eigenvalue weighted by molar-refractivity contribution is -0.139. The first-order valence-corrected chi connectivity index (χ1v) is 4.43. The van der Waals surface area contributed by atoms with E-state index < -0.39 is 12.1 Å². The topological polar surface area (TPSA) is 40.5 Å². The third-order valence-corrected chi connectivity index (χ3v) is 2.09. The number of alkyl halides is 1. The van der Waals surface area contributed by atoms with Gasteiger partial charge in [0.1, 0.15) is 0 Å². The maximum Gasteiger partial charge on any atom is 0.257 e. The average Bonchev–Trinajstić information content (AvgIpc) is 2.12. The Balaban J connectivity index is 4.25. The Morgan fingerprint density at radius 2 is 1.92 bits per heavy atom. The first-order chi connectivity index (χ1) is 5.91. The number of aliphatic hydroxyl groups is 1. The van der Waals surface area contributed by atoms with Crippen LogP contribution in [0.2, 0.25) is 0 Å². The van der Waals surface area contributed by atoms with Crippen molar-refractivity contribution in [2.45, 2.75) is 33.0 Å². The first kappa shape index (κ1) is 12.4. The Bertz CT molecular complexity index is 173. The number of halogens is 1. The van der Waals surface area contributed by atoms with Gasteiger partial charge in [0.15, 0.2) is 6.17 Å². The van der Waals surface area contributed by atoms with Crippen LogP contribution in [0.3, 0.4) is 0 Å². The molecule has 3 nitrogen and oxygen atoms in total. The van der Waals surface area contributed by atoms with Crippen LogP contribution in [0.15, 0.2) is 0 Å². The van der Waals surface area contributed by atoms with E-state index in [0.29, 0.717) is 0 Å². The summed E-state index contributed by atoms with van der Waals surface area (Å²) < 4.78 is 13.2. The van der Waals surface area contributed by atoms with Gasteiger partial charge >= 0.3 is 0 Å². The van der Waals surface area contributed by atoms with Gasteiger partial charge in [-0.15, -0.1) is 0 Å². The molecule has 0 aromatic heterocycles. The molecular formula is C9H18FNO2. The van der Waals surface area contributed by atoms with E-state index in [1.807, 2.05) is 0 Å². The van der Waals surface area contributed by atoms with Crippen LogP contribution in [0.4, 0.5) is 4.39 Å². The zero-order chi connectivity index (χ0) is 10.6. The maximum absolute atomic E-state index is 13.2. The summed E-state index contributed by atoms with van der Waals surface area (Å²) in [6.07, 6.45) is -1.47. The van der Waals surface area contributed by atoms with Gasteiger partial charge in [0, 0.05) is 7.05 Å². The predicted octanol–water partition coefficient (Wildman–Crippen LogP) is 0.820. The molecule has 0 aromatic carbocycles. The predicted molar refractivity (Wildman–Crippen MR) is 49.1 cm³/mol. The molecule has 2 atom stereocenters. The van der Waals surface area contributed by atoms with Gasteiger partial charge in [-0.05, 0) is 12.8 Å². The minimum atomic E-state index is -1.47. The number of rotatable bonds is 4. The van der Waals surface area contributed by atoms with Gasteiger partial charge in [0.05, 0.1) is 12.6 Å². The van der Waals surface area contributed by atoms with E-state index in [2.05, 4.69) is 0 Å².